The molecule has 1 aromatic heterocycles. The van der Waals surface area contributed by atoms with Crippen molar-refractivity contribution in [3.63, 3.8) is 0 Å². The topological polar surface area (TPSA) is 110 Å². The van der Waals surface area contributed by atoms with Gasteiger partial charge in [-0.1, -0.05) is 34.8 Å². The van der Waals surface area contributed by atoms with Gasteiger partial charge in [0.15, 0.2) is 0 Å². The average molecular weight is 516 g/mol. The fourth-order valence-corrected chi connectivity index (χ4v) is 3.79. The van der Waals surface area contributed by atoms with Crippen LogP contribution in [0.4, 0.5) is 14.2 Å². The number of aromatic nitrogens is 1. The Kier molecular flexibility index (Phi) is 10.2. The molecule has 31 heavy (non-hydrogen) atoms. The normalized spacial score (nSPS) is 10.9. The van der Waals surface area contributed by atoms with Gasteiger partial charge in [0.2, 0.25) is 5.88 Å². The van der Waals surface area contributed by atoms with Crippen molar-refractivity contribution >= 4 is 44.4 Å². The predicted molar refractivity (Wildman–Crippen MR) is 123 cm³/mol. The fourth-order valence-electron chi connectivity index (χ4n) is 2.72. The molecule has 0 radical (unpaired) electrons. The maximum atomic E-state index is 14.0. The summed E-state index contributed by atoms with van der Waals surface area (Å²) in [5.41, 5.74) is 5.69. The fraction of sp³-hybridized carbons (Fsp3) is 0.450. The van der Waals surface area contributed by atoms with Crippen molar-refractivity contribution in [3.05, 3.63) is 39.6 Å². The van der Waals surface area contributed by atoms with Crippen LogP contribution in [0.1, 0.15) is 41.6 Å². The molecule has 3 amide bonds. The molecule has 0 aliphatic heterocycles. The van der Waals surface area contributed by atoms with Crippen molar-refractivity contribution in [2.24, 2.45) is 5.73 Å². The Labute approximate surface area is 193 Å². The number of unbranched alkanes of at least 4 members (excludes halogenated alkanes) is 3. The van der Waals surface area contributed by atoms with E-state index in [-0.39, 0.29) is 23.1 Å². The van der Waals surface area contributed by atoms with Gasteiger partial charge in [-0.25, -0.2) is 9.18 Å². The second kappa shape index (κ2) is 12.6. The van der Waals surface area contributed by atoms with Gasteiger partial charge in [-0.3, -0.25) is 10.1 Å². The van der Waals surface area contributed by atoms with Crippen LogP contribution < -0.4 is 21.1 Å². The van der Waals surface area contributed by atoms with Crippen LogP contribution in [0.5, 0.6) is 5.88 Å². The van der Waals surface area contributed by atoms with Gasteiger partial charge in [-0.2, -0.15) is 4.37 Å². The maximum absolute atomic E-state index is 14.0. The van der Waals surface area contributed by atoms with E-state index in [9.17, 15) is 14.0 Å². The number of nitrogens with two attached hydrogens (primary N) is 1. The quantitative estimate of drug-likeness (QED) is 0.370. The Morgan fingerprint density at radius 3 is 2.68 bits per heavy atom. The van der Waals surface area contributed by atoms with Gasteiger partial charge >= 0.3 is 6.03 Å². The molecule has 1 heterocycles. The molecule has 170 valence electrons. The number of anilines is 1. The van der Waals surface area contributed by atoms with Crippen LogP contribution in [-0.4, -0.2) is 48.4 Å². The molecule has 0 aliphatic carbocycles. The molecule has 11 heteroatoms. The molecule has 0 fully saturated rings. The monoisotopic (exact) mass is 515 g/mol. The second-order valence-corrected chi connectivity index (χ2v) is 8.87. The summed E-state index contributed by atoms with van der Waals surface area (Å²) in [7, 11) is 4.09. The third-order valence-corrected chi connectivity index (χ3v) is 5.57. The van der Waals surface area contributed by atoms with Crippen LogP contribution in [0.2, 0.25) is 0 Å². The molecule has 2 rings (SSSR count). The van der Waals surface area contributed by atoms with Crippen molar-refractivity contribution in [1.82, 2.24) is 14.6 Å². The van der Waals surface area contributed by atoms with Crippen molar-refractivity contribution in [2.75, 3.05) is 32.5 Å². The summed E-state index contributed by atoms with van der Waals surface area (Å²) >= 11 is 4.06. The van der Waals surface area contributed by atoms with E-state index in [1.165, 1.54) is 6.07 Å². The number of halogens is 2. The number of urea groups is 1. The van der Waals surface area contributed by atoms with Gasteiger partial charge < -0.3 is 20.7 Å². The number of benzene rings is 1. The number of carbonyl (C=O) groups is 2. The van der Waals surface area contributed by atoms with E-state index < -0.39 is 17.8 Å². The molecular weight excluding hydrogens is 489 g/mol. The number of primary amides is 1. The first-order valence-electron chi connectivity index (χ1n) is 9.83. The molecule has 2 aromatic rings. The summed E-state index contributed by atoms with van der Waals surface area (Å²) in [6.07, 6.45) is 4.10. The van der Waals surface area contributed by atoms with E-state index in [4.69, 9.17) is 10.5 Å². The van der Waals surface area contributed by atoms with Crippen LogP contribution in [0.25, 0.3) is 0 Å². The molecule has 0 aliphatic rings. The number of hydrogen-bond acceptors (Lipinski definition) is 6. The average Bonchev–Trinajstić information content (AvgIpc) is 3.09. The highest BCUT2D eigenvalue weighted by atomic mass is 79.9. The summed E-state index contributed by atoms with van der Waals surface area (Å²) in [5, 5.41) is 5.52. The minimum absolute atomic E-state index is 0.0404. The third-order valence-electron chi connectivity index (χ3n) is 4.33. The van der Waals surface area contributed by atoms with Crippen LogP contribution >= 0.6 is 27.5 Å². The zero-order valence-electron chi connectivity index (χ0n) is 17.5. The van der Waals surface area contributed by atoms with E-state index in [2.05, 4.69) is 35.8 Å². The van der Waals surface area contributed by atoms with Crippen molar-refractivity contribution in [2.45, 2.75) is 32.3 Å². The maximum Gasteiger partial charge on any atom is 0.319 e. The summed E-state index contributed by atoms with van der Waals surface area (Å²) in [4.78, 5) is 26.1. The molecule has 0 atom stereocenters. The number of ether oxygens (including phenoxy) is 1. The first-order valence-corrected chi connectivity index (χ1v) is 11.4. The Bertz CT molecular complexity index is 894. The highest BCUT2D eigenvalue weighted by Gasteiger charge is 2.22. The van der Waals surface area contributed by atoms with Crippen LogP contribution in [-0.2, 0) is 6.61 Å². The first kappa shape index (κ1) is 25.0. The van der Waals surface area contributed by atoms with E-state index in [1.54, 1.807) is 12.1 Å². The Balaban J connectivity index is 1.85. The van der Waals surface area contributed by atoms with Gasteiger partial charge in [0.25, 0.3) is 5.91 Å². The summed E-state index contributed by atoms with van der Waals surface area (Å²) < 4.78 is 24.1. The second-order valence-electron chi connectivity index (χ2n) is 7.18. The Morgan fingerprint density at radius 1 is 1.26 bits per heavy atom. The van der Waals surface area contributed by atoms with Gasteiger partial charge in [0.05, 0.1) is 0 Å². The number of nitrogens with one attached hydrogen (secondary N) is 2. The van der Waals surface area contributed by atoms with E-state index >= 15 is 0 Å². The van der Waals surface area contributed by atoms with Crippen LogP contribution in [0, 0.1) is 5.82 Å². The summed E-state index contributed by atoms with van der Waals surface area (Å²) in [6.45, 7) is 1.43. The molecule has 0 bridgehead atoms. The van der Waals surface area contributed by atoms with Crippen molar-refractivity contribution < 1.29 is 18.7 Å². The lowest BCUT2D eigenvalue weighted by Crippen LogP contribution is -2.30. The number of rotatable bonds is 12. The number of hydrogen-bond donors (Lipinski definition) is 3. The van der Waals surface area contributed by atoms with Gasteiger partial charge in [-0.15, -0.1) is 0 Å². The van der Waals surface area contributed by atoms with Gasteiger partial charge in [0, 0.05) is 16.6 Å². The van der Waals surface area contributed by atoms with Gasteiger partial charge in [0.1, 0.15) is 23.0 Å². The Morgan fingerprint density at radius 2 is 2.00 bits per heavy atom. The lowest BCUT2D eigenvalue weighted by atomic mass is 10.2. The van der Waals surface area contributed by atoms with Crippen molar-refractivity contribution in [1.29, 1.82) is 0 Å². The minimum atomic E-state index is -0.795. The molecule has 4 N–H and O–H groups in total. The van der Waals surface area contributed by atoms with E-state index in [1.807, 2.05) is 14.1 Å². The largest absolute Gasteiger partial charge is 0.471 e. The SMILES string of the molecule is CN(C)CCCCCCNC(=O)Nc1snc(OCc2ccc(Br)cc2F)c1C(N)=O. The highest BCUT2D eigenvalue weighted by Crippen LogP contribution is 2.31. The third kappa shape index (κ3) is 8.42. The zero-order chi connectivity index (χ0) is 22.8. The molecule has 0 spiro atoms. The van der Waals surface area contributed by atoms with Crippen LogP contribution in [0.15, 0.2) is 22.7 Å². The molecule has 0 saturated carbocycles. The molecular formula is C20H27BrFN5O3S. The highest BCUT2D eigenvalue weighted by molar-refractivity contribution is 9.10. The minimum Gasteiger partial charge on any atom is -0.471 e. The lowest BCUT2D eigenvalue weighted by molar-refractivity contribution is 0.0996. The van der Waals surface area contributed by atoms with Crippen LogP contribution in [0.3, 0.4) is 0 Å². The smallest absolute Gasteiger partial charge is 0.319 e. The molecule has 8 nitrogen and oxygen atoms in total. The van der Waals surface area contributed by atoms with Gasteiger partial charge in [-0.05, 0) is 57.1 Å². The van der Waals surface area contributed by atoms with Crippen molar-refractivity contribution in [3.8, 4) is 5.88 Å². The number of amides is 3. The number of nitrogens with zero attached hydrogens (tertiary/aromatic N) is 2. The standard InChI is InChI=1S/C20H27BrFN5O3S/c1-27(2)10-6-4-3-5-9-24-20(29)25-19-16(17(23)28)18(26-31-19)30-12-13-7-8-14(21)11-15(13)22/h7-8,11H,3-6,9-10,12H2,1-2H3,(H2,23,28)(H2,24,25,29). The molecule has 1 aromatic carbocycles. The molecule has 0 saturated heterocycles. The Hall–Kier alpha value is -2.24. The van der Waals surface area contributed by atoms with E-state index in [0.29, 0.717) is 16.6 Å². The summed E-state index contributed by atoms with van der Waals surface area (Å²) in [6, 6.07) is 4.10. The molecule has 0 unspecified atom stereocenters. The number of carbonyl (C=O) groups excluding carboxylic acids is 2. The zero-order valence-corrected chi connectivity index (χ0v) is 19.9. The summed E-state index contributed by atoms with van der Waals surface area (Å²) in [5.74, 6) is -1.29. The van der Waals surface area contributed by atoms with E-state index in [0.717, 1.165) is 43.8 Å². The predicted octanol–water partition coefficient (Wildman–Crippen LogP) is 3.97. The lowest BCUT2D eigenvalue weighted by Gasteiger charge is -2.09. The first-order chi connectivity index (χ1) is 14.8.